The van der Waals surface area contributed by atoms with Crippen molar-refractivity contribution in [3.05, 3.63) is 101 Å². The fourth-order valence-electron chi connectivity index (χ4n) is 4.85. The van der Waals surface area contributed by atoms with Gasteiger partial charge in [-0.1, -0.05) is 86.1 Å². The molecule has 0 aromatic heterocycles. The third-order valence-corrected chi connectivity index (χ3v) is 6.95. The third-order valence-electron chi connectivity index (χ3n) is 6.95. The lowest BCUT2D eigenvalue weighted by Gasteiger charge is -2.31. The van der Waals surface area contributed by atoms with Crippen LogP contribution in [-0.2, 0) is 5.41 Å². The first kappa shape index (κ1) is 23.3. The van der Waals surface area contributed by atoms with E-state index >= 15 is 0 Å². The number of ether oxygens (including phenoxy) is 1. The average Bonchev–Trinajstić information content (AvgIpc) is 2.86. The van der Waals surface area contributed by atoms with Crippen LogP contribution in [0, 0.1) is 6.92 Å². The Bertz CT molecular complexity index is 1040. The van der Waals surface area contributed by atoms with Crippen LogP contribution in [0.1, 0.15) is 59.7 Å². The van der Waals surface area contributed by atoms with Crippen molar-refractivity contribution in [1.29, 1.82) is 0 Å². The summed E-state index contributed by atoms with van der Waals surface area (Å²) in [5, 5.41) is 0. The zero-order chi connectivity index (χ0) is 23.1. The first-order valence-electron chi connectivity index (χ1n) is 12.2. The molecule has 3 nitrogen and oxygen atoms in total. The van der Waals surface area contributed by atoms with E-state index in [1.807, 2.05) is 48.5 Å². The highest BCUT2D eigenvalue weighted by Gasteiger charge is 2.32. The number of nitrogens with zero attached hydrogens (tertiary/aromatic N) is 1. The topological polar surface area (TPSA) is 29.5 Å². The molecule has 3 aromatic carbocycles. The van der Waals surface area contributed by atoms with Crippen LogP contribution in [0.25, 0.3) is 0 Å². The predicted octanol–water partition coefficient (Wildman–Crippen LogP) is 6.44. The van der Waals surface area contributed by atoms with Crippen molar-refractivity contribution >= 4 is 5.78 Å². The van der Waals surface area contributed by atoms with Gasteiger partial charge in [-0.15, -0.1) is 0 Å². The molecule has 1 heterocycles. The SMILES string of the molecule is Cc1cc(C(C)(CC(=O)c2ccccc2)c2ccccc2)ccc1OCCN1CCCCC1. The van der Waals surface area contributed by atoms with Crippen molar-refractivity contribution in [3.8, 4) is 5.75 Å². The van der Waals surface area contributed by atoms with Gasteiger partial charge in [0, 0.05) is 23.9 Å². The Labute approximate surface area is 198 Å². The van der Waals surface area contributed by atoms with Gasteiger partial charge < -0.3 is 4.74 Å². The number of carbonyl (C=O) groups excluding carboxylic acids is 1. The van der Waals surface area contributed by atoms with E-state index in [0.717, 1.165) is 34.5 Å². The second-order valence-electron chi connectivity index (χ2n) is 9.40. The second-order valence-corrected chi connectivity index (χ2v) is 9.40. The number of ketones is 1. The fraction of sp³-hybridized carbons (Fsp3) is 0.367. The molecule has 0 bridgehead atoms. The summed E-state index contributed by atoms with van der Waals surface area (Å²) < 4.78 is 6.15. The molecule has 1 aliphatic rings. The van der Waals surface area contributed by atoms with Gasteiger partial charge in [-0.25, -0.2) is 0 Å². The molecule has 4 rings (SSSR count). The Balaban J connectivity index is 1.54. The van der Waals surface area contributed by atoms with Crippen LogP contribution in [0.5, 0.6) is 5.75 Å². The van der Waals surface area contributed by atoms with Gasteiger partial charge in [0.15, 0.2) is 5.78 Å². The van der Waals surface area contributed by atoms with Crippen LogP contribution in [-0.4, -0.2) is 36.9 Å². The molecule has 0 amide bonds. The van der Waals surface area contributed by atoms with Gasteiger partial charge in [-0.2, -0.15) is 0 Å². The minimum Gasteiger partial charge on any atom is -0.492 e. The summed E-state index contributed by atoms with van der Waals surface area (Å²) in [5.41, 5.74) is 3.73. The monoisotopic (exact) mass is 441 g/mol. The molecule has 0 N–H and O–H groups in total. The zero-order valence-corrected chi connectivity index (χ0v) is 19.9. The second kappa shape index (κ2) is 10.8. The lowest BCUT2D eigenvalue weighted by molar-refractivity contribution is 0.0962. The van der Waals surface area contributed by atoms with Crippen molar-refractivity contribution in [2.24, 2.45) is 0 Å². The van der Waals surface area contributed by atoms with Gasteiger partial charge in [0.25, 0.3) is 0 Å². The lowest BCUT2D eigenvalue weighted by Crippen LogP contribution is -2.33. The number of piperidine rings is 1. The summed E-state index contributed by atoms with van der Waals surface area (Å²) in [7, 11) is 0. The molecule has 1 atom stereocenters. The van der Waals surface area contributed by atoms with E-state index in [0.29, 0.717) is 13.0 Å². The molecule has 0 spiro atoms. The highest BCUT2D eigenvalue weighted by molar-refractivity contribution is 5.97. The largest absolute Gasteiger partial charge is 0.492 e. The Morgan fingerprint density at radius 2 is 1.55 bits per heavy atom. The molecule has 1 fully saturated rings. The van der Waals surface area contributed by atoms with E-state index in [-0.39, 0.29) is 5.78 Å². The normalized spacial score (nSPS) is 16.2. The molecule has 3 heteroatoms. The standard InChI is InChI=1S/C30H35NO2/c1-24-22-27(16-17-29(24)33-21-20-31-18-10-5-11-19-31)30(2,26-14-8-4-9-15-26)23-28(32)25-12-6-3-7-13-25/h3-4,6-9,12-17,22H,5,10-11,18-21,23H2,1-2H3. The van der Waals surface area contributed by atoms with Crippen LogP contribution in [0.15, 0.2) is 78.9 Å². The summed E-state index contributed by atoms with van der Waals surface area (Å²) in [6, 6.07) is 26.4. The summed E-state index contributed by atoms with van der Waals surface area (Å²) in [6.07, 6.45) is 4.36. The molecule has 3 aromatic rings. The minimum absolute atomic E-state index is 0.154. The van der Waals surface area contributed by atoms with Crippen molar-refractivity contribution in [3.63, 3.8) is 0 Å². The van der Waals surface area contributed by atoms with Gasteiger partial charge in [0.05, 0.1) is 0 Å². The van der Waals surface area contributed by atoms with Crippen molar-refractivity contribution in [2.45, 2.75) is 44.9 Å². The van der Waals surface area contributed by atoms with Crippen LogP contribution in [0.4, 0.5) is 0 Å². The number of hydrogen-bond acceptors (Lipinski definition) is 3. The number of Topliss-reactive ketones (excluding diaryl/α,β-unsaturated/α-hetero) is 1. The number of aryl methyl sites for hydroxylation is 1. The molecule has 1 aliphatic heterocycles. The predicted molar refractivity (Wildman–Crippen MR) is 135 cm³/mol. The number of hydrogen-bond donors (Lipinski definition) is 0. The summed E-state index contributed by atoms with van der Waals surface area (Å²) in [5.74, 6) is 1.09. The molecule has 1 saturated heterocycles. The molecule has 0 aliphatic carbocycles. The fourth-order valence-corrected chi connectivity index (χ4v) is 4.85. The maximum absolute atomic E-state index is 13.2. The van der Waals surface area contributed by atoms with Crippen LogP contribution < -0.4 is 4.74 Å². The average molecular weight is 442 g/mol. The summed E-state index contributed by atoms with van der Waals surface area (Å²) >= 11 is 0. The van der Waals surface area contributed by atoms with Crippen molar-refractivity contribution < 1.29 is 9.53 Å². The van der Waals surface area contributed by atoms with E-state index in [9.17, 15) is 4.79 Å². The van der Waals surface area contributed by atoms with Crippen molar-refractivity contribution in [2.75, 3.05) is 26.2 Å². The quantitative estimate of drug-likeness (QED) is 0.358. The molecule has 172 valence electrons. The maximum Gasteiger partial charge on any atom is 0.164 e. The Morgan fingerprint density at radius 1 is 0.879 bits per heavy atom. The maximum atomic E-state index is 13.2. The Hall–Kier alpha value is -2.91. The number of rotatable bonds is 9. The van der Waals surface area contributed by atoms with Gasteiger partial charge in [0.2, 0.25) is 0 Å². The smallest absolute Gasteiger partial charge is 0.164 e. The highest BCUT2D eigenvalue weighted by atomic mass is 16.5. The van der Waals surface area contributed by atoms with E-state index in [1.165, 1.54) is 32.4 Å². The van der Waals surface area contributed by atoms with Crippen LogP contribution >= 0.6 is 0 Å². The van der Waals surface area contributed by atoms with Crippen LogP contribution in [0.3, 0.4) is 0 Å². The Morgan fingerprint density at radius 3 is 2.21 bits per heavy atom. The lowest BCUT2D eigenvalue weighted by atomic mass is 9.72. The molecule has 1 unspecified atom stereocenters. The van der Waals surface area contributed by atoms with Gasteiger partial charge in [-0.05, 0) is 55.6 Å². The van der Waals surface area contributed by atoms with Gasteiger partial charge >= 0.3 is 0 Å². The first-order chi connectivity index (χ1) is 16.1. The molecule has 0 radical (unpaired) electrons. The molecular weight excluding hydrogens is 406 g/mol. The van der Waals surface area contributed by atoms with E-state index in [4.69, 9.17) is 4.74 Å². The summed E-state index contributed by atoms with van der Waals surface area (Å²) in [6.45, 7) is 8.34. The first-order valence-corrected chi connectivity index (χ1v) is 12.2. The van der Waals surface area contributed by atoms with Crippen molar-refractivity contribution in [1.82, 2.24) is 4.90 Å². The Kier molecular flexibility index (Phi) is 7.61. The molecule has 33 heavy (non-hydrogen) atoms. The van der Waals surface area contributed by atoms with Gasteiger partial charge in [-0.3, -0.25) is 9.69 Å². The number of carbonyl (C=O) groups is 1. The van der Waals surface area contributed by atoms with E-state index in [2.05, 4.69) is 49.1 Å². The summed E-state index contributed by atoms with van der Waals surface area (Å²) in [4.78, 5) is 15.7. The molecule has 0 saturated carbocycles. The number of benzene rings is 3. The molecular formula is C30H35NO2. The zero-order valence-electron chi connectivity index (χ0n) is 19.9. The van der Waals surface area contributed by atoms with E-state index in [1.54, 1.807) is 0 Å². The minimum atomic E-state index is -0.425. The highest BCUT2D eigenvalue weighted by Crippen LogP contribution is 2.38. The van der Waals surface area contributed by atoms with Crippen LogP contribution in [0.2, 0.25) is 0 Å². The third kappa shape index (κ3) is 5.72. The number of likely N-dealkylation sites (tertiary alicyclic amines) is 1. The van der Waals surface area contributed by atoms with Gasteiger partial charge in [0.1, 0.15) is 12.4 Å². The van der Waals surface area contributed by atoms with E-state index < -0.39 is 5.41 Å².